The van der Waals surface area contributed by atoms with E-state index >= 15 is 0 Å². The van der Waals surface area contributed by atoms with Crippen molar-refractivity contribution in [1.29, 1.82) is 0 Å². The molecule has 0 bridgehead atoms. The second-order valence-electron chi connectivity index (χ2n) is 4.09. The van der Waals surface area contributed by atoms with Crippen LogP contribution in [0.5, 0.6) is 5.75 Å². The molecule has 0 saturated heterocycles. The van der Waals surface area contributed by atoms with E-state index in [0.29, 0.717) is 11.7 Å². The Morgan fingerprint density at radius 3 is 2.75 bits per heavy atom. The summed E-state index contributed by atoms with van der Waals surface area (Å²) in [6.45, 7) is 2.11. The van der Waals surface area contributed by atoms with Gasteiger partial charge in [-0.3, -0.25) is 4.72 Å². The van der Waals surface area contributed by atoms with Crippen LogP contribution in [0.4, 0.5) is 5.13 Å². The van der Waals surface area contributed by atoms with Gasteiger partial charge < -0.3 is 10.5 Å². The molecule has 0 spiro atoms. The fraction of sp³-hybridized carbons (Fsp3) is 0.250. The molecule has 0 aliphatic heterocycles. The van der Waals surface area contributed by atoms with Gasteiger partial charge in [0.05, 0.1) is 12.8 Å². The van der Waals surface area contributed by atoms with Crippen molar-refractivity contribution in [3.63, 3.8) is 0 Å². The first-order chi connectivity index (χ1) is 9.46. The topological polar surface area (TPSA) is 94.3 Å². The van der Waals surface area contributed by atoms with E-state index in [4.69, 9.17) is 10.5 Å². The lowest BCUT2D eigenvalue weighted by atomic mass is 10.2. The zero-order valence-corrected chi connectivity index (χ0v) is 12.7. The molecule has 0 atom stereocenters. The summed E-state index contributed by atoms with van der Waals surface area (Å²) in [7, 11) is -2.32. The molecule has 0 aliphatic carbocycles. The highest BCUT2D eigenvalue weighted by Crippen LogP contribution is 2.27. The number of benzene rings is 1. The minimum absolute atomic E-state index is 0.0602. The van der Waals surface area contributed by atoms with E-state index in [-0.39, 0.29) is 10.6 Å². The van der Waals surface area contributed by atoms with Crippen molar-refractivity contribution in [3.05, 3.63) is 34.8 Å². The molecule has 0 aliphatic rings. The molecule has 2 aromatic rings. The van der Waals surface area contributed by atoms with Gasteiger partial charge in [0, 0.05) is 11.9 Å². The van der Waals surface area contributed by atoms with E-state index in [1.54, 1.807) is 24.4 Å². The Balaban J connectivity index is 2.38. The summed E-state index contributed by atoms with van der Waals surface area (Å²) >= 11 is 1.23. The number of hydrogen-bond acceptors (Lipinski definition) is 6. The number of aryl methyl sites for hydroxylation is 1. The highest BCUT2D eigenvalue weighted by Gasteiger charge is 2.21. The van der Waals surface area contributed by atoms with Crippen LogP contribution in [0.1, 0.15) is 11.3 Å². The number of sulfonamides is 1. The third-order valence-corrected chi connectivity index (χ3v) is 4.98. The Kier molecular flexibility index (Phi) is 4.26. The zero-order chi connectivity index (χ0) is 14.8. The molecule has 0 fully saturated rings. The highest BCUT2D eigenvalue weighted by molar-refractivity contribution is 7.93. The normalized spacial score (nSPS) is 11.3. The summed E-state index contributed by atoms with van der Waals surface area (Å²) in [4.78, 5) is 4.14. The van der Waals surface area contributed by atoms with Crippen LogP contribution in [0.3, 0.4) is 0 Å². The average molecular weight is 313 g/mol. The van der Waals surface area contributed by atoms with Gasteiger partial charge in [-0.1, -0.05) is 6.07 Å². The number of methoxy groups -OCH3 is 1. The maximum absolute atomic E-state index is 12.3. The average Bonchev–Trinajstić information content (AvgIpc) is 2.82. The molecule has 1 aromatic heterocycles. The maximum Gasteiger partial charge on any atom is 0.267 e. The molecule has 0 unspecified atom stereocenters. The van der Waals surface area contributed by atoms with Crippen molar-refractivity contribution in [2.24, 2.45) is 5.73 Å². The maximum atomic E-state index is 12.3. The third kappa shape index (κ3) is 3.09. The number of nitrogens with two attached hydrogens (primary N) is 1. The van der Waals surface area contributed by atoms with Crippen LogP contribution in [0.25, 0.3) is 0 Å². The number of anilines is 1. The largest absolute Gasteiger partial charge is 0.495 e. The lowest BCUT2D eigenvalue weighted by Crippen LogP contribution is -2.14. The minimum Gasteiger partial charge on any atom is -0.495 e. The second kappa shape index (κ2) is 5.78. The smallest absolute Gasteiger partial charge is 0.267 e. The number of thiazole rings is 1. The molecule has 3 N–H and O–H groups in total. The van der Waals surface area contributed by atoms with Crippen LogP contribution >= 0.6 is 11.3 Å². The van der Waals surface area contributed by atoms with Gasteiger partial charge in [-0.15, -0.1) is 11.3 Å². The molecule has 1 aromatic carbocycles. The van der Waals surface area contributed by atoms with Crippen LogP contribution in [-0.4, -0.2) is 20.5 Å². The van der Waals surface area contributed by atoms with Crippen LogP contribution in [0.15, 0.2) is 28.5 Å². The van der Waals surface area contributed by atoms with Gasteiger partial charge in [-0.05, 0) is 24.6 Å². The molecule has 108 valence electrons. The van der Waals surface area contributed by atoms with E-state index in [2.05, 4.69) is 9.71 Å². The quantitative estimate of drug-likeness (QED) is 0.876. The Morgan fingerprint density at radius 2 is 2.20 bits per heavy atom. The van der Waals surface area contributed by atoms with Crippen LogP contribution in [0.2, 0.25) is 0 Å². The van der Waals surface area contributed by atoms with Crippen LogP contribution in [0, 0.1) is 6.92 Å². The highest BCUT2D eigenvalue weighted by atomic mass is 32.2. The van der Waals surface area contributed by atoms with E-state index in [1.165, 1.54) is 24.5 Å². The van der Waals surface area contributed by atoms with Crippen LogP contribution in [-0.2, 0) is 16.6 Å². The van der Waals surface area contributed by atoms with Crippen molar-refractivity contribution in [1.82, 2.24) is 4.98 Å². The summed E-state index contributed by atoms with van der Waals surface area (Å²) in [6, 6.07) is 4.75. The molecule has 0 amide bonds. The van der Waals surface area contributed by atoms with Gasteiger partial charge in [0.2, 0.25) is 0 Å². The third-order valence-electron chi connectivity index (χ3n) is 2.59. The van der Waals surface area contributed by atoms with Crippen molar-refractivity contribution in [2.75, 3.05) is 11.8 Å². The summed E-state index contributed by atoms with van der Waals surface area (Å²) in [6.07, 6.45) is 0. The number of ether oxygens (including phenoxy) is 1. The Hall–Kier alpha value is -1.64. The lowest BCUT2D eigenvalue weighted by Gasteiger charge is -2.11. The van der Waals surface area contributed by atoms with E-state index in [9.17, 15) is 8.42 Å². The molecule has 2 rings (SSSR count). The summed E-state index contributed by atoms with van der Waals surface area (Å²) in [5.41, 5.74) is 7.09. The molecular weight excluding hydrogens is 298 g/mol. The monoisotopic (exact) mass is 313 g/mol. The van der Waals surface area contributed by atoms with Crippen molar-refractivity contribution < 1.29 is 13.2 Å². The van der Waals surface area contributed by atoms with E-state index < -0.39 is 10.0 Å². The summed E-state index contributed by atoms with van der Waals surface area (Å²) in [5, 5.41) is 2.10. The first-order valence-electron chi connectivity index (χ1n) is 5.78. The number of nitrogens with zero attached hydrogens (tertiary/aromatic N) is 1. The van der Waals surface area contributed by atoms with Crippen LogP contribution < -0.4 is 15.2 Å². The molecule has 6 nitrogen and oxygen atoms in total. The standard InChI is InChI=1S/C12H15N3O3S2/c1-8-7-19-12(14-8)15-20(16,17)11-4-3-9(6-13)5-10(11)18-2/h3-5,7H,6,13H2,1-2H3,(H,14,15). The van der Waals surface area contributed by atoms with E-state index in [1.807, 2.05) is 0 Å². The number of nitrogens with one attached hydrogen (secondary N) is 1. The Labute approximate surface area is 121 Å². The molecule has 0 radical (unpaired) electrons. The van der Waals surface area contributed by atoms with Gasteiger partial charge in [0.15, 0.2) is 5.13 Å². The summed E-state index contributed by atoms with van der Waals surface area (Å²) < 4.78 is 32.2. The predicted octanol–water partition coefficient (Wildman–Crippen LogP) is 1.72. The van der Waals surface area contributed by atoms with Gasteiger partial charge in [-0.25, -0.2) is 13.4 Å². The lowest BCUT2D eigenvalue weighted by molar-refractivity contribution is 0.402. The predicted molar refractivity (Wildman–Crippen MR) is 78.5 cm³/mol. The van der Waals surface area contributed by atoms with Gasteiger partial charge in [-0.2, -0.15) is 0 Å². The Morgan fingerprint density at radius 1 is 1.45 bits per heavy atom. The first kappa shape index (κ1) is 14.8. The summed E-state index contributed by atoms with van der Waals surface area (Å²) in [5.74, 6) is 0.258. The fourth-order valence-corrected chi connectivity index (χ4v) is 3.72. The zero-order valence-electron chi connectivity index (χ0n) is 11.1. The second-order valence-corrected chi connectivity index (χ2v) is 6.60. The van der Waals surface area contributed by atoms with Crippen molar-refractivity contribution >= 4 is 26.5 Å². The SMILES string of the molecule is COc1cc(CN)ccc1S(=O)(=O)Nc1nc(C)cs1. The Bertz CT molecular complexity index is 710. The van der Waals surface area contributed by atoms with E-state index in [0.717, 1.165) is 11.3 Å². The number of hydrogen-bond donors (Lipinski definition) is 2. The number of aromatic nitrogens is 1. The molecule has 1 heterocycles. The van der Waals surface area contributed by atoms with Crippen molar-refractivity contribution in [2.45, 2.75) is 18.4 Å². The minimum atomic E-state index is -3.74. The van der Waals surface area contributed by atoms with Gasteiger partial charge in [0.25, 0.3) is 10.0 Å². The number of rotatable bonds is 5. The fourth-order valence-electron chi connectivity index (χ4n) is 1.63. The molecule has 0 saturated carbocycles. The first-order valence-corrected chi connectivity index (χ1v) is 8.14. The molecule has 20 heavy (non-hydrogen) atoms. The van der Waals surface area contributed by atoms with Gasteiger partial charge in [0.1, 0.15) is 10.6 Å². The molecular formula is C12H15N3O3S2. The molecule has 8 heteroatoms. The van der Waals surface area contributed by atoms with Crippen molar-refractivity contribution in [3.8, 4) is 5.75 Å². The van der Waals surface area contributed by atoms with Gasteiger partial charge >= 0.3 is 0 Å².